The number of rotatable bonds is 4. The third-order valence-electron chi connectivity index (χ3n) is 5.83. The number of fused-ring (bicyclic) bond motifs is 1. The summed E-state index contributed by atoms with van der Waals surface area (Å²) in [4.78, 5) is 16.7. The molecule has 4 nitrogen and oxygen atoms in total. The zero-order chi connectivity index (χ0) is 22.1. The third kappa shape index (κ3) is 3.98. The van der Waals surface area contributed by atoms with Crippen molar-refractivity contribution in [2.24, 2.45) is 0 Å². The van der Waals surface area contributed by atoms with Gasteiger partial charge in [-0.3, -0.25) is 0 Å². The highest BCUT2D eigenvalue weighted by Gasteiger charge is 2.16. The Morgan fingerprint density at radius 1 is 0.806 bits per heavy atom. The minimum atomic E-state index is -0.447. The van der Waals surface area contributed by atoms with Crippen molar-refractivity contribution in [3.05, 3.63) is 78.1 Å². The highest BCUT2D eigenvalue weighted by Crippen LogP contribution is 2.36. The van der Waals surface area contributed by atoms with Crippen molar-refractivity contribution in [3.8, 4) is 22.3 Å². The lowest BCUT2D eigenvalue weighted by Crippen LogP contribution is -2.09. The molecule has 0 aliphatic heterocycles. The molecular weight excluding hydrogens is 384 g/mol. The van der Waals surface area contributed by atoms with Gasteiger partial charge in [0, 0.05) is 0 Å². The van der Waals surface area contributed by atoms with Gasteiger partial charge in [0.05, 0.1) is 18.1 Å². The van der Waals surface area contributed by atoms with Crippen molar-refractivity contribution in [2.75, 3.05) is 7.11 Å². The Labute approximate surface area is 183 Å². The first-order valence-electron chi connectivity index (χ1n) is 10.7. The fourth-order valence-corrected chi connectivity index (χ4v) is 3.87. The fourth-order valence-electron chi connectivity index (χ4n) is 3.87. The molecule has 1 heterocycles. The van der Waals surface area contributed by atoms with Gasteiger partial charge in [-0.15, -0.1) is 0 Å². The smallest absolute Gasteiger partial charge is 0.419 e. The summed E-state index contributed by atoms with van der Waals surface area (Å²) < 4.78 is 6.38. The Kier molecular flexibility index (Phi) is 5.64. The average molecular weight is 413 g/mol. The van der Waals surface area contributed by atoms with Crippen LogP contribution in [0.1, 0.15) is 50.7 Å². The van der Waals surface area contributed by atoms with Gasteiger partial charge >= 0.3 is 6.09 Å². The Morgan fingerprint density at radius 3 is 1.74 bits per heavy atom. The summed E-state index contributed by atoms with van der Waals surface area (Å²) in [6.45, 7) is 8.78. The summed E-state index contributed by atoms with van der Waals surface area (Å²) in [5, 5.41) is 0. The van der Waals surface area contributed by atoms with E-state index < -0.39 is 6.09 Å². The van der Waals surface area contributed by atoms with Crippen molar-refractivity contribution < 1.29 is 9.53 Å². The van der Waals surface area contributed by atoms with Gasteiger partial charge in [0.1, 0.15) is 6.33 Å². The van der Waals surface area contributed by atoms with Crippen LogP contribution >= 0.6 is 0 Å². The molecule has 0 saturated carbocycles. The molecule has 0 unspecified atom stereocenters. The van der Waals surface area contributed by atoms with Gasteiger partial charge in [0.2, 0.25) is 0 Å². The van der Waals surface area contributed by atoms with Crippen LogP contribution in [0.25, 0.3) is 33.3 Å². The van der Waals surface area contributed by atoms with Gasteiger partial charge in [0.15, 0.2) is 0 Å². The standard InChI is InChI=1S/C27H28N2O2/c1-17(2)19-6-10-21(11-7-19)23-14-25-26(29(16-28-25)27(30)31-5)15-24(23)22-12-8-20(9-13-22)18(3)4/h6-18H,1-5H3. The van der Waals surface area contributed by atoms with Crippen LogP contribution in [0.15, 0.2) is 67.0 Å². The molecule has 3 aromatic carbocycles. The quantitative estimate of drug-likeness (QED) is 0.355. The first kappa shape index (κ1) is 20.9. The van der Waals surface area contributed by atoms with E-state index in [2.05, 4.69) is 87.3 Å². The summed E-state index contributed by atoms with van der Waals surface area (Å²) in [7, 11) is 1.38. The summed E-state index contributed by atoms with van der Waals surface area (Å²) in [6, 6.07) is 21.5. The highest BCUT2D eigenvalue weighted by molar-refractivity contribution is 5.96. The Hall–Kier alpha value is -3.40. The number of nitrogens with zero attached hydrogens (tertiary/aromatic N) is 2. The topological polar surface area (TPSA) is 44.1 Å². The number of methoxy groups -OCH3 is 1. The van der Waals surface area contributed by atoms with Crippen molar-refractivity contribution in [1.82, 2.24) is 9.55 Å². The van der Waals surface area contributed by atoms with Crippen LogP contribution < -0.4 is 0 Å². The predicted molar refractivity (Wildman–Crippen MR) is 127 cm³/mol. The molecule has 0 bridgehead atoms. The lowest BCUT2D eigenvalue weighted by Gasteiger charge is -2.14. The lowest BCUT2D eigenvalue weighted by molar-refractivity contribution is 0.174. The Morgan fingerprint density at radius 2 is 1.29 bits per heavy atom. The van der Waals surface area contributed by atoms with Crippen molar-refractivity contribution in [3.63, 3.8) is 0 Å². The molecule has 4 rings (SSSR count). The first-order chi connectivity index (χ1) is 14.9. The SMILES string of the molecule is COC(=O)n1cnc2cc(-c3ccc(C(C)C)cc3)c(-c3ccc(C(C)C)cc3)cc21. The van der Waals surface area contributed by atoms with E-state index in [-0.39, 0.29) is 0 Å². The molecule has 0 atom stereocenters. The molecule has 0 fully saturated rings. The third-order valence-corrected chi connectivity index (χ3v) is 5.83. The van der Waals surface area contributed by atoms with Gasteiger partial charge in [-0.25, -0.2) is 14.3 Å². The molecule has 0 saturated heterocycles. The van der Waals surface area contributed by atoms with Crippen LogP contribution in [0.3, 0.4) is 0 Å². The number of carbonyl (C=O) groups is 1. The molecule has 0 spiro atoms. The second-order valence-corrected chi connectivity index (χ2v) is 8.52. The van der Waals surface area contributed by atoms with E-state index >= 15 is 0 Å². The zero-order valence-corrected chi connectivity index (χ0v) is 18.7. The largest absolute Gasteiger partial charge is 0.452 e. The summed E-state index contributed by atoms with van der Waals surface area (Å²) in [6.07, 6.45) is 1.07. The molecule has 0 radical (unpaired) electrons. The van der Waals surface area contributed by atoms with E-state index in [4.69, 9.17) is 4.74 Å². The van der Waals surface area contributed by atoms with Crippen LogP contribution in [0.4, 0.5) is 4.79 Å². The summed E-state index contributed by atoms with van der Waals surface area (Å²) in [5.74, 6) is 0.954. The van der Waals surface area contributed by atoms with Gasteiger partial charge in [-0.1, -0.05) is 76.2 Å². The minimum absolute atomic E-state index is 0.447. The molecule has 0 N–H and O–H groups in total. The number of carbonyl (C=O) groups excluding carboxylic acids is 1. The zero-order valence-electron chi connectivity index (χ0n) is 18.7. The molecule has 4 heteroatoms. The van der Waals surface area contributed by atoms with Crippen molar-refractivity contribution >= 4 is 17.1 Å². The van der Waals surface area contributed by atoms with Crippen LogP contribution in [0.2, 0.25) is 0 Å². The molecular formula is C27H28N2O2. The molecule has 4 aromatic rings. The maximum atomic E-state index is 12.2. The van der Waals surface area contributed by atoms with E-state index in [9.17, 15) is 4.79 Å². The minimum Gasteiger partial charge on any atom is -0.452 e. The van der Waals surface area contributed by atoms with Gasteiger partial charge in [-0.2, -0.15) is 0 Å². The first-order valence-corrected chi connectivity index (χ1v) is 10.7. The Balaban J connectivity index is 1.92. The van der Waals surface area contributed by atoms with E-state index in [0.717, 1.165) is 33.3 Å². The van der Waals surface area contributed by atoms with Crippen LogP contribution in [-0.4, -0.2) is 22.8 Å². The number of imidazole rings is 1. The summed E-state index contributed by atoms with van der Waals surface area (Å²) in [5.41, 5.74) is 8.48. The molecule has 1 aromatic heterocycles. The molecule has 0 aliphatic carbocycles. The monoisotopic (exact) mass is 412 g/mol. The second-order valence-electron chi connectivity index (χ2n) is 8.52. The maximum Gasteiger partial charge on any atom is 0.419 e. The number of hydrogen-bond donors (Lipinski definition) is 0. The fraction of sp³-hybridized carbons (Fsp3) is 0.259. The van der Waals surface area contributed by atoms with E-state index in [1.807, 2.05) is 6.07 Å². The molecule has 31 heavy (non-hydrogen) atoms. The average Bonchev–Trinajstić information content (AvgIpc) is 3.20. The van der Waals surface area contributed by atoms with E-state index in [0.29, 0.717) is 11.8 Å². The van der Waals surface area contributed by atoms with Crippen molar-refractivity contribution in [1.29, 1.82) is 0 Å². The van der Waals surface area contributed by atoms with E-state index in [1.165, 1.54) is 29.1 Å². The van der Waals surface area contributed by atoms with Crippen LogP contribution in [0.5, 0.6) is 0 Å². The highest BCUT2D eigenvalue weighted by atomic mass is 16.5. The van der Waals surface area contributed by atoms with Crippen LogP contribution in [0, 0.1) is 0 Å². The number of hydrogen-bond acceptors (Lipinski definition) is 3. The van der Waals surface area contributed by atoms with Gasteiger partial charge in [0.25, 0.3) is 0 Å². The number of ether oxygens (including phenoxy) is 1. The predicted octanol–water partition coefficient (Wildman–Crippen LogP) is 7.23. The Bertz CT molecular complexity index is 1220. The van der Waals surface area contributed by atoms with Crippen LogP contribution in [-0.2, 0) is 4.74 Å². The second kappa shape index (κ2) is 8.38. The number of benzene rings is 3. The van der Waals surface area contributed by atoms with E-state index in [1.54, 1.807) is 0 Å². The summed E-state index contributed by atoms with van der Waals surface area (Å²) >= 11 is 0. The molecule has 158 valence electrons. The number of aromatic nitrogens is 2. The lowest BCUT2D eigenvalue weighted by atomic mass is 9.91. The molecule has 0 aliphatic rings. The maximum absolute atomic E-state index is 12.2. The van der Waals surface area contributed by atoms with Crippen molar-refractivity contribution in [2.45, 2.75) is 39.5 Å². The normalized spacial score (nSPS) is 11.5. The van der Waals surface area contributed by atoms with Gasteiger partial charge in [-0.05, 0) is 57.3 Å². The molecule has 0 amide bonds. The van der Waals surface area contributed by atoms with Gasteiger partial charge < -0.3 is 4.74 Å².